The van der Waals surface area contributed by atoms with Crippen molar-refractivity contribution in [1.82, 2.24) is 0 Å². The van der Waals surface area contributed by atoms with Gasteiger partial charge in [0.05, 0.1) is 5.60 Å². The van der Waals surface area contributed by atoms with Gasteiger partial charge in [-0.15, -0.1) is 0 Å². The Morgan fingerprint density at radius 3 is 2.05 bits per heavy atom. The summed E-state index contributed by atoms with van der Waals surface area (Å²) < 4.78 is 11.2. The second kappa shape index (κ2) is 6.69. The van der Waals surface area contributed by atoms with E-state index in [9.17, 15) is 9.59 Å². The zero-order chi connectivity index (χ0) is 17.2. The minimum atomic E-state index is -0.697. The summed E-state index contributed by atoms with van der Waals surface area (Å²) in [5, 5.41) is 0. The number of hydrogen-bond acceptors (Lipinski definition) is 4. The van der Waals surface area contributed by atoms with E-state index in [0.717, 1.165) is 25.7 Å². The number of Topliss-reactive ketones (excluding diaryl/α,β-unsaturated/α-hetero) is 1. The third-order valence-electron chi connectivity index (χ3n) is 5.56. The summed E-state index contributed by atoms with van der Waals surface area (Å²) in [4.78, 5) is 24.4. The maximum absolute atomic E-state index is 12.2. The summed E-state index contributed by atoms with van der Waals surface area (Å²) in [6, 6.07) is 0. The lowest BCUT2D eigenvalue weighted by molar-refractivity contribution is -0.173. The molecule has 0 aromatic carbocycles. The van der Waals surface area contributed by atoms with Crippen molar-refractivity contribution in [3.63, 3.8) is 0 Å². The van der Waals surface area contributed by atoms with Crippen LogP contribution >= 0.6 is 0 Å². The summed E-state index contributed by atoms with van der Waals surface area (Å²) >= 11 is 0. The van der Waals surface area contributed by atoms with Crippen molar-refractivity contribution >= 4 is 11.8 Å². The average molecular weight is 312 g/mol. The quantitative estimate of drug-likeness (QED) is 0.551. The van der Waals surface area contributed by atoms with Gasteiger partial charge < -0.3 is 9.47 Å². The van der Waals surface area contributed by atoms with Gasteiger partial charge in [0.15, 0.2) is 0 Å². The number of methoxy groups -OCH3 is 1. The number of rotatable bonds is 6. The van der Waals surface area contributed by atoms with Gasteiger partial charge in [-0.25, -0.2) is 4.79 Å². The van der Waals surface area contributed by atoms with E-state index in [0.29, 0.717) is 6.42 Å². The van der Waals surface area contributed by atoms with Crippen LogP contribution in [0, 0.1) is 11.3 Å². The molecule has 0 aromatic rings. The monoisotopic (exact) mass is 312 g/mol. The van der Waals surface area contributed by atoms with Crippen molar-refractivity contribution in [3.8, 4) is 0 Å². The van der Waals surface area contributed by atoms with E-state index in [1.807, 2.05) is 20.8 Å². The van der Waals surface area contributed by atoms with Gasteiger partial charge in [-0.2, -0.15) is 0 Å². The van der Waals surface area contributed by atoms with Gasteiger partial charge in [0.25, 0.3) is 0 Å². The van der Waals surface area contributed by atoms with Gasteiger partial charge in [-0.1, -0.05) is 20.8 Å². The molecule has 1 fully saturated rings. The second-order valence-electron chi connectivity index (χ2n) is 7.99. The molecule has 0 bridgehead atoms. The number of ether oxygens (including phenoxy) is 2. The summed E-state index contributed by atoms with van der Waals surface area (Å²) in [6.45, 7) is 11.4. The molecule has 0 amide bonds. The Morgan fingerprint density at radius 1 is 1.14 bits per heavy atom. The third-order valence-corrected chi connectivity index (χ3v) is 5.56. The van der Waals surface area contributed by atoms with Gasteiger partial charge in [0.1, 0.15) is 5.60 Å². The highest BCUT2D eigenvalue weighted by molar-refractivity contribution is 6.35. The van der Waals surface area contributed by atoms with E-state index < -0.39 is 22.8 Å². The first-order valence-electron chi connectivity index (χ1n) is 8.30. The zero-order valence-electron chi connectivity index (χ0n) is 15.2. The highest BCUT2D eigenvalue weighted by atomic mass is 16.6. The van der Waals surface area contributed by atoms with Crippen molar-refractivity contribution < 1.29 is 19.1 Å². The molecule has 22 heavy (non-hydrogen) atoms. The molecular weight excluding hydrogens is 280 g/mol. The highest BCUT2D eigenvalue weighted by Gasteiger charge is 2.42. The van der Waals surface area contributed by atoms with E-state index in [2.05, 4.69) is 6.92 Å². The minimum Gasteiger partial charge on any atom is -0.454 e. The topological polar surface area (TPSA) is 52.6 Å². The lowest BCUT2D eigenvalue weighted by Gasteiger charge is -2.42. The van der Waals surface area contributed by atoms with Crippen LogP contribution in [0.5, 0.6) is 0 Å². The molecule has 0 spiro atoms. The smallest absolute Gasteiger partial charge is 0.375 e. The van der Waals surface area contributed by atoms with Gasteiger partial charge in [-0.05, 0) is 58.8 Å². The number of ketones is 1. The first-order chi connectivity index (χ1) is 9.97. The molecule has 0 aliphatic heterocycles. The molecule has 0 N–H and O–H groups in total. The van der Waals surface area contributed by atoms with Crippen LogP contribution in [-0.4, -0.2) is 30.1 Å². The van der Waals surface area contributed by atoms with E-state index >= 15 is 0 Å². The predicted molar refractivity (Wildman–Crippen MR) is 86.6 cm³/mol. The lowest BCUT2D eigenvalue weighted by Crippen LogP contribution is -2.45. The lowest BCUT2D eigenvalue weighted by atomic mass is 9.73. The van der Waals surface area contributed by atoms with Gasteiger partial charge in [0, 0.05) is 12.5 Å². The van der Waals surface area contributed by atoms with Gasteiger partial charge >= 0.3 is 5.97 Å². The van der Waals surface area contributed by atoms with Crippen molar-refractivity contribution in [2.45, 2.75) is 84.8 Å². The molecule has 0 saturated heterocycles. The Balaban J connectivity index is 2.68. The molecule has 4 heteroatoms. The van der Waals surface area contributed by atoms with Crippen LogP contribution in [-0.2, 0) is 19.1 Å². The van der Waals surface area contributed by atoms with E-state index in [1.165, 1.54) is 0 Å². The van der Waals surface area contributed by atoms with E-state index in [-0.39, 0.29) is 11.5 Å². The van der Waals surface area contributed by atoms with Crippen LogP contribution in [0.25, 0.3) is 0 Å². The molecule has 1 rings (SSSR count). The first kappa shape index (κ1) is 19.1. The van der Waals surface area contributed by atoms with Gasteiger partial charge in [0.2, 0.25) is 5.78 Å². The van der Waals surface area contributed by atoms with Crippen molar-refractivity contribution in [2.75, 3.05) is 7.11 Å². The summed E-state index contributed by atoms with van der Waals surface area (Å²) in [5.41, 5.74) is -1.35. The molecular formula is C18H32O4. The maximum atomic E-state index is 12.2. The fourth-order valence-electron chi connectivity index (χ4n) is 2.93. The first-order valence-corrected chi connectivity index (χ1v) is 8.30. The van der Waals surface area contributed by atoms with E-state index in [4.69, 9.17) is 9.47 Å². The Hall–Kier alpha value is -0.900. The Labute approximate surface area is 134 Å². The van der Waals surface area contributed by atoms with Crippen molar-refractivity contribution in [3.05, 3.63) is 0 Å². The Morgan fingerprint density at radius 2 is 1.64 bits per heavy atom. The predicted octanol–water partition coefficient (Wildman–Crippen LogP) is 3.91. The number of carbonyl (C=O) groups excluding carboxylic acids is 2. The highest BCUT2D eigenvalue weighted by Crippen LogP contribution is 2.40. The fraction of sp³-hybridized carbons (Fsp3) is 0.889. The zero-order valence-corrected chi connectivity index (χ0v) is 15.2. The molecule has 0 unspecified atom stereocenters. The van der Waals surface area contributed by atoms with Crippen molar-refractivity contribution in [1.29, 1.82) is 0 Å². The van der Waals surface area contributed by atoms with Crippen LogP contribution in [0.3, 0.4) is 0 Å². The van der Waals surface area contributed by atoms with Crippen LogP contribution in [0.15, 0.2) is 0 Å². The minimum absolute atomic E-state index is 0.0728. The molecule has 1 saturated carbocycles. The van der Waals surface area contributed by atoms with E-state index in [1.54, 1.807) is 21.0 Å². The van der Waals surface area contributed by atoms with Gasteiger partial charge in [-0.3, -0.25) is 4.79 Å². The van der Waals surface area contributed by atoms with Crippen LogP contribution in [0.4, 0.5) is 0 Å². The molecule has 4 nitrogen and oxygen atoms in total. The standard InChI is InChI=1S/C18H32O4/c1-8-16(2,3)14(19)15(20)22-17(4,5)13-9-11-18(6,21-7)12-10-13/h13H,8-12H2,1-7H3. The maximum Gasteiger partial charge on any atom is 0.375 e. The number of hydrogen-bond donors (Lipinski definition) is 0. The largest absolute Gasteiger partial charge is 0.454 e. The SMILES string of the molecule is CCC(C)(C)C(=O)C(=O)OC(C)(C)C1CCC(C)(OC)CC1. The summed E-state index contributed by atoms with van der Waals surface area (Å²) in [6.07, 6.45) is 4.40. The molecule has 0 aromatic heterocycles. The molecule has 128 valence electrons. The second-order valence-corrected chi connectivity index (χ2v) is 7.99. The Bertz CT molecular complexity index is 415. The normalized spacial score (nSPS) is 26.6. The molecule has 1 aliphatic carbocycles. The van der Waals surface area contributed by atoms with Crippen molar-refractivity contribution in [2.24, 2.45) is 11.3 Å². The van der Waals surface area contributed by atoms with Crippen LogP contribution in [0.2, 0.25) is 0 Å². The molecule has 1 aliphatic rings. The fourth-order valence-corrected chi connectivity index (χ4v) is 2.93. The summed E-state index contributed by atoms with van der Waals surface area (Å²) in [5.74, 6) is -0.866. The van der Waals surface area contributed by atoms with Crippen LogP contribution < -0.4 is 0 Å². The molecule has 0 heterocycles. The Kier molecular flexibility index (Phi) is 5.82. The molecule has 0 atom stereocenters. The summed E-state index contributed by atoms with van der Waals surface area (Å²) in [7, 11) is 1.75. The van der Waals surface area contributed by atoms with Crippen LogP contribution in [0.1, 0.15) is 73.6 Å². The number of esters is 1. The average Bonchev–Trinajstić information content (AvgIpc) is 2.46. The number of carbonyl (C=O) groups is 2. The third kappa shape index (κ3) is 4.31. The molecule has 0 radical (unpaired) electrons.